The summed E-state index contributed by atoms with van der Waals surface area (Å²) in [5.41, 5.74) is 1.07. The highest BCUT2D eigenvalue weighted by molar-refractivity contribution is 7.99. The highest BCUT2D eigenvalue weighted by atomic mass is 32.2. The van der Waals surface area contributed by atoms with E-state index in [1.807, 2.05) is 37.3 Å². The summed E-state index contributed by atoms with van der Waals surface area (Å²) in [7, 11) is 0. The molecule has 1 atom stereocenters. The largest absolute Gasteiger partial charge is 0.396 e. The fourth-order valence-electron chi connectivity index (χ4n) is 3.11. The summed E-state index contributed by atoms with van der Waals surface area (Å²) in [6.45, 7) is 2.53. The first-order valence-corrected chi connectivity index (χ1v) is 9.31. The number of nitrogens with one attached hydrogen (secondary N) is 1. The van der Waals surface area contributed by atoms with E-state index in [1.165, 1.54) is 11.8 Å². The quantitative estimate of drug-likeness (QED) is 0.615. The molecule has 1 aromatic heterocycles. The van der Waals surface area contributed by atoms with Crippen LogP contribution in [0.5, 0.6) is 0 Å². The molecule has 1 aromatic carbocycles. The van der Waals surface area contributed by atoms with Crippen LogP contribution in [0.25, 0.3) is 0 Å². The number of hydrogen-bond donors (Lipinski definition) is 2. The summed E-state index contributed by atoms with van der Waals surface area (Å²) in [4.78, 5) is 28.2. The van der Waals surface area contributed by atoms with Gasteiger partial charge in [0, 0.05) is 23.6 Å². The van der Waals surface area contributed by atoms with E-state index in [-0.39, 0.29) is 23.8 Å². The Balaban J connectivity index is 2.01. The number of aromatic nitrogens is 2. The second-order valence-corrected chi connectivity index (χ2v) is 7.31. The normalized spacial score (nSPS) is 16.9. The minimum absolute atomic E-state index is 0.159. The second-order valence-electron chi connectivity index (χ2n) is 6.25. The predicted octanol–water partition coefficient (Wildman–Crippen LogP) is 2.58. The minimum Gasteiger partial charge on any atom is -0.396 e. The van der Waals surface area contributed by atoms with Gasteiger partial charge in [-0.2, -0.15) is 0 Å². The van der Waals surface area contributed by atoms with Gasteiger partial charge in [0.2, 0.25) is 0 Å². The summed E-state index contributed by atoms with van der Waals surface area (Å²) < 4.78 is 1.66. The molecule has 2 N–H and O–H groups in total. The van der Waals surface area contributed by atoms with Crippen LogP contribution in [0, 0.1) is 5.92 Å². The van der Waals surface area contributed by atoms with Crippen LogP contribution in [-0.4, -0.2) is 21.3 Å². The molecule has 0 radical (unpaired) electrons. The Morgan fingerprint density at radius 3 is 2.68 bits per heavy atom. The van der Waals surface area contributed by atoms with Gasteiger partial charge < -0.3 is 5.11 Å². The van der Waals surface area contributed by atoms with E-state index in [0.717, 1.165) is 23.3 Å². The highest BCUT2D eigenvalue weighted by Crippen LogP contribution is 2.31. The standard InChI is InChI=1S/C19H22N2O3S/c1-2-16-17(23)20-19(24)21(11-13-8-9-14(10-13)12-22)18(16)25-15-6-4-3-5-7-15/h3-8,14,22H,2,9-12H2,1H3,(H,20,23,24). The van der Waals surface area contributed by atoms with Crippen molar-refractivity contribution in [2.24, 2.45) is 5.92 Å². The van der Waals surface area contributed by atoms with Crippen molar-refractivity contribution in [1.82, 2.24) is 9.55 Å². The van der Waals surface area contributed by atoms with E-state index in [9.17, 15) is 14.7 Å². The van der Waals surface area contributed by atoms with Crippen molar-refractivity contribution >= 4 is 11.8 Å². The first-order chi connectivity index (χ1) is 12.1. The number of nitrogens with zero attached hydrogens (tertiary/aromatic N) is 1. The molecule has 132 valence electrons. The average molecular weight is 358 g/mol. The summed E-state index contributed by atoms with van der Waals surface area (Å²) in [5.74, 6) is 0.240. The lowest BCUT2D eigenvalue weighted by Crippen LogP contribution is -2.34. The molecule has 0 saturated carbocycles. The van der Waals surface area contributed by atoms with Gasteiger partial charge in [-0.25, -0.2) is 4.79 Å². The van der Waals surface area contributed by atoms with Crippen molar-refractivity contribution in [3.8, 4) is 0 Å². The Hall–Kier alpha value is -2.05. The van der Waals surface area contributed by atoms with E-state index < -0.39 is 0 Å². The van der Waals surface area contributed by atoms with Gasteiger partial charge in [0.15, 0.2) is 0 Å². The maximum absolute atomic E-state index is 12.5. The van der Waals surface area contributed by atoms with Gasteiger partial charge in [0.05, 0.1) is 5.03 Å². The Kier molecular flexibility index (Phi) is 5.60. The molecule has 0 amide bonds. The molecule has 0 bridgehead atoms. The molecular formula is C19H22N2O3S. The maximum atomic E-state index is 12.5. The fourth-order valence-corrected chi connectivity index (χ4v) is 4.24. The summed E-state index contributed by atoms with van der Waals surface area (Å²) in [6, 6.07) is 9.76. The number of hydrogen-bond acceptors (Lipinski definition) is 4. The number of benzene rings is 1. The third-order valence-corrected chi connectivity index (χ3v) is 5.63. The molecule has 1 heterocycles. The van der Waals surface area contributed by atoms with Gasteiger partial charge in [-0.1, -0.05) is 48.5 Å². The zero-order valence-corrected chi connectivity index (χ0v) is 15.0. The van der Waals surface area contributed by atoms with E-state index in [2.05, 4.69) is 11.1 Å². The molecule has 5 nitrogen and oxygen atoms in total. The number of aromatic amines is 1. The van der Waals surface area contributed by atoms with Crippen molar-refractivity contribution in [1.29, 1.82) is 0 Å². The molecule has 0 spiro atoms. The molecule has 0 saturated heterocycles. The molecular weight excluding hydrogens is 336 g/mol. The van der Waals surface area contributed by atoms with Crippen LogP contribution in [0.1, 0.15) is 25.3 Å². The number of allylic oxidation sites excluding steroid dienone is 2. The van der Waals surface area contributed by atoms with Gasteiger partial charge >= 0.3 is 5.69 Å². The van der Waals surface area contributed by atoms with Crippen LogP contribution < -0.4 is 11.2 Å². The lowest BCUT2D eigenvalue weighted by atomic mass is 10.1. The molecule has 2 aromatic rings. The highest BCUT2D eigenvalue weighted by Gasteiger charge is 2.20. The zero-order valence-electron chi connectivity index (χ0n) is 14.2. The molecule has 0 fully saturated rings. The molecule has 1 unspecified atom stereocenters. The maximum Gasteiger partial charge on any atom is 0.329 e. The number of aliphatic hydroxyl groups excluding tert-OH is 1. The topological polar surface area (TPSA) is 75.1 Å². The smallest absolute Gasteiger partial charge is 0.329 e. The van der Waals surface area contributed by atoms with Crippen LogP contribution in [0.2, 0.25) is 0 Å². The lowest BCUT2D eigenvalue weighted by molar-refractivity contribution is 0.232. The van der Waals surface area contributed by atoms with Crippen LogP contribution in [-0.2, 0) is 13.0 Å². The average Bonchev–Trinajstić information content (AvgIpc) is 3.07. The van der Waals surface area contributed by atoms with Crippen LogP contribution in [0.3, 0.4) is 0 Å². The summed E-state index contributed by atoms with van der Waals surface area (Å²) >= 11 is 1.45. The Morgan fingerprint density at radius 1 is 1.28 bits per heavy atom. The number of H-pyrrole nitrogens is 1. The number of aliphatic hydroxyl groups is 1. The van der Waals surface area contributed by atoms with Crippen LogP contribution in [0.15, 0.2) is 61.5 Å². The first kappa shape index (κ1) is 17.8. The van der Waals surface area contributed by atoms with Gasteiger partial charge in [0.1, 0.15) is 0 Å². The second kappa shape index (κ2) is 7.89. The van der Waals surface area contributed by atoms with E-state index >= 15 is 0 Å². The van der Waals surface area contributed by atoms with Crippen molar-refractivity contribution < 1.29 is 5.11 Å². The van der Waals surface area contributed by atoms with E-state index in [4.69, 9.17) is 0 Å². The Morgan fingerprint density at radius 2 is 2.04 bits per heavy atom. The van der Waals surface area contributed by atoms with Crippen molar-refractivity contribution in [2.45, 2.75) is 42.7 Å². The molecule has 6 heteroatoms. The monoisotopic (exact) mass is 358 g/mol. The predicted molar refractivity (Wildman–Crippen MR) is 99.2 cm³/mol. The van der Waals surface area contributed by atoms with E-state index in [1.54, 1.807) is 4.57 Å². The van der Waals surface area contributed by atoms with Crippen LogP contribution in [0.4, 0.5) is 0 Å². The Bertz CT molecular complexity index is 884. The molecule has 25 heavy (non-hydrogen) atoms. The minimum atomic E-state index is -0.381. The third-order valence-electron chi connectivity index (χ3n) is 4.46. The molecule has 3 rings (SSSR count). The Labute approximate surface area is 150 Å². The SMILES string of the molecule is CCc1c(Sc2ccccc2)n(CC2=CCC(CO)C2)c(=O)[nH]c1=O. The lowest BCUT2D eigenvalue weighted by Gasteiger charge is -2.16. The van der Waals surface area contributed by atoms with Gasteiger partial charge in [-0.3, -0.25) is 14.3 Å². The zero-order chi connectivity index (χ0) is 17.8. The summed E-state index contributed by atoms with van der Waals surface area (Å²) in [6.07, 6.45) is 4.29. The van der Waals surface area contributed by atoms with Gasteiger partial charge in [-0.15, -0.1) is 0 Å². The first-order valence-electron chi connectivity index (χ1n) is 8.50. The van der Waals surface area contributed by atoms with Gasteiger partial charge in [-0.05, 0) is 37.3 Å². The summed E-state index contributed by atoms with van der Waals surface area (Å²) in [5, 5.41) is 10.0. The number of rotatable bonds is 6. The molecule has 1 aliphatic carbocycles. The van der Waals surface area contributed by atoms with Crippen molar-refractivity contribution in [3.63, 3.8) is 0 Å². The molecule has 0 aliphatic heterocycles. The van der Waals surface area contributed by atoms with Crippen molar-refractivity contribution in [2.75, 3.05) is 6.61 Å². The van der Waals surface area contributed by atoms with Gasteiger partial charge in [0.25, 0.3) is 5.56 Å². The third kappa shape index (κ3) is 3.96. The van der Waals surface area contributed by atoms with Crippen molar-refractivity contribution in [3.05, 3.63) is 68.4 Å². The van der Waals surface area contributed by atoms with Crippen LogP contribution >= 0.6 is 11.8 Å². The molecule has 1 aliphatic rings. The van der Waals surface area contributed by atoms with E-state index in [0.29, 0.717) is 23.6 Å². The fraction of sp³-hybridized carbons (Fsp3) is 0.368.